The molecule has 0 saturated carbocycles. The van der Waals surface area contributed by atoms with Crippen molar-refractivity contribution in [3.8, 4) is 11.5 Å². The molecule has 1 amide bonds. The molecule has 6 heteroatoms. The van der Waals surface area contributed by atoms with Crippen LogP contribution in [-0.4, -0.2) is 20.7 Å². The number of carbonyl (C=O) groups is 1. The molecular formula is C29H26N2O4. The average molecular weight is 467 g/mol. The molecular weight excluding hydrogens is 440 g/mol. The molecule has 0 aliphatic rings. The van der Waals surface area contributed by atoms with Crippen molar-refractivity contribution in [1.82, 2.24) is 9.88 Å². The van der Waals surface area contributed by atoms with E-state index in [9.17, 15) is 15.0 Å². The minimum absolute atomic E-state index is 0.134. The number of phenols is 2. The molecule has 0 saturated heterocycles. The molecule has 5 rings (SSSR count). The molecule has 1 unspecified atom stereocenters. The zero-order chi connectivity index (χ0) is 24.2. The Hall–Kier alpha value is -4.45. The lowest BCUT2D eigenvalue weighted by atomic mass is 9.87. The monoisotopic (exact) mass is 466 g/mol. The maximum atomic E-state index is 13.0. The Morgan fingerprint density at radius 3 is 2.43 bits per heavy atom. The highest BCUT2D eigenvalue weighted by Gasteiger charge is 2.25. The molecule has 2 aromatic heterocycles. The van der Waals surface area contributed by atoms with Gasteiger partial charge in [0.1, 0.15) is 17.3 Å². The van der Waals surface area contributed by atoms with Crippen LogP contribution in [0.3, 0.4) is 0 Å². The Bertz CT molecular complexity index is 1440. The Kier molecular flexibility index (Phi) is 6.26. The molecule has 0 radical (unpaired) electrons. The van der Waals surface area contributed by atoms with Crippen LogP contribution in [0, 0.1) is 0 Å². The fourth-order valence-corrected chi connectivity index (χ4v) is 4.51. The van der Waals surface area contributed by atoms with Gasteiger partial charge in [-0.2, -0.15) is 0 Å². The lowest BCUT2D eigenvalue weighted by Gasteiger charge is -2.18. The van der Waals surface area contributed by atoms with Crippen molar-refractivity contribution in [3.05, 3.63) is 120 Å². The standard InChI is InChI=1S/C29H26N2O4/c32-21-13-11-20(12-14-21)18-31-19-26(23-7-1-3-9-27(23)31)25(24-8-2-4-10-28(24)33)16-29(34)30-17-22-6-5-15-35-22/h1-15,19,25,32-33H,16-18H2,(H,30,34). The number of aromatic nitrogens is 1. The first-order valence-corrected chi connectivity index (χ1v) is 11.5. The number of furan rings is 1. The van der Waals surface area contributed by atoms with E-state index in [-0.39, 0.29) is 29.7 Å². The second-order valence-electron chi connectivity index (χ2n) is 8.57. The summed E-state index contributed by atoms with van der Waals surface area (Å²) in [6.45, 7) is 0.918. The van der Waals surface area contributed by atoms with Crippen molar-refractivity contribution < 1.29 is 19.4 Å². The van der Waals surface area contributed by atoms with E-state index in [4.69, 9.17) is 4.42 Å². The van der Waals surface area contributed by atoms with E-state index >= 15 is 0 Å². The molecule has 2 heterocycles. The van der Waals surface area contributed by atoms with Crippen LogP contribution >= 0.6 is 0 Å². The van der Waals surface area contributed by atoms with Gasteiger partial charge in [0.2, 0.25) is 5.91 Å². The van der Waals surface area contributed by atoms with E-state index in [1.165, 1.54) is 0 Å². The van der Waals surface area contributed by atoms with E-state index in [0.717, 1.165) is 22.0 Å². The fraction of sp³-hybridized carbons (Fsp3) is 0.138. The Balaban J connectivity index is 1.52. The number of fused-ring (bicyclic) bond motifs is 1. The second kappa shape index (κ2) is 9.81. The summed E-state index contributed by atoms with van der Waals surface area (Å²) >= 11 is 0. The summed E-state index contributed by atoms with van der Waals surface area (Å²) in [6.07, 6.45) is 3.81. The van der Waals surface area contributed by atoms with Crippen LogP contribution in [0.5, 0.6) is 11.5 Å². The zero-order valence-corrected chi connectivity index (χ0v) is 19.1. The number of hydrogen-bond acceptors (Lipinski definition) is 4. The fourth-order valence-electron chi connectivity index (χ4n) is 4.51. The molecule has 5 aromatic rings. The van der Waals surface area contributed by atoms with Gasteiger partial charge in [-0.05, 0) is 47.5 Å². The molecule has 0 bridgehead atoms. The van der Waals surface area contributed by atoms with E-state index in [0.29, 0.717) is 24.4 Å². The van der Waals surface area contributed by atoms with Gasteiger partial charge in [0.25, 0.3) is 0 Å². The Morgan fingerprint density at radius 2 is 1.66 bits per heavy atom. The van der Waals surface area contributed by atoms with Crippen LogP contribution in [0.25, 0.3) is 10.9 Å². The quantitative estimate of drug-likeness (QED) is 0.281. The third kappa shape index (κ3) is 4.92. The van der Waals surface area contributed by atoms with Crippen LogP contribution < -0.4 is 5.32 Å². The maximum Gasteiger partial charge on any atom is 0.221 e. The summed E-state index contributed by atoms with van der Waals surface area (Å²) in [5.41, 5.74) is 3.75. The molecule has 0 aliphatic carbocycles. The van der Waals surface area contributed by atoms with Gasteiger partial charge in [-0.25, -0.2) is 0 Å². The summed E-state index contributed by atoms with van der Waals surface area (Å²) in [7, 11) is 0. The molecule has 0 fully saturated rings. The summed E-state index contributed by atoms with van der Waals surface area (Å²) in [6, 6.07) is 26.0. The van der Waals surface area contributed by atoms with Gasteiger partial charge in [-0.15, -0.1) is 0 Å². The zero-order valence-electron chi connectivity index (χ0n) is 19.1. The number of amides is 1. The number of benzene rings is 3. The minimum Gasteiger partial charge on any atom is -0.508 e. The predicted octanol–water partition coefficient (Wildman–Crippen LogP) is 5.53. The van der Waals surface area contributed by atoms with Crippen molar-refractivity contribution in [2.45, 2.75) is 25.4 Å². The third-order valence-corrected chi connectivity index (χ3v) is 6.23. The van der Waals surface area contributed by atoms with E-state index in [2.05, 4.69) is 22.1 Å². The summed E-state index contributed by atoms with van der Waals surface area (Å²) in [5, 5.41) is 24.3. The highest BCUT2D eigenvalue weighted by molar-refractivity contribution is 5.87. The van der Waals surface area contributed by atoms with Crippen molar-refractivity contribution in [2.75, 3.05) is 0 Å². The van der Waals surface area contributed by atoms with Gasteiger partial charge in [0, 0.05) is 41.5 Å². The van der Waals surface area contributed by atoms with Crippen LogP contribution in [0.4, 0.5) is 0 Å². The van der Waals surface area contributed by atoms with Gasteiger partial charge in [0.05, 0.1) is 12.8 Å². The number of aromatic hydroxyl groups is 2. The minimum atomic E-state index is -0.348. The van der Waals surface area contributed by atoms with Crippen LogP contribution in [0.15, 0.2) is 102 Å². The second-order valence-corrected chi connectivity index (χ2v) is 8.57. The van der Waals surface area contributed by atoms with Crippen molar-refractivity contribution in [3.63, 3.8) is 0 Å². The number of hydrogen-bond donors (Lipinski definition) is 3. The highest BCUT2D eigenvalue weighted by Crippen LogP contribution is 2.38. The molecule has 35 heavy (non-hydrogen) atoms. The summed E-state index contributed by atoms with van der Waals surface area (Å²) in [4.78, 5) is 13.0. The van der Waals surface area contributed by atoms with Gasteiger partial charge >= 0.3 is 0 Å². The smallest absolute Gasteiger partial charge is 0.221 e. The highest BCUT2D eigenvalue weighted by atomic mass is 16.3. The molecule has 3 N–H and O–H groups in total. The van der Waals surface area contributed by atoms with Crippen molar-refractivity contribution in [2.24, 2.45) is 0 Å². The number of rotatable bonds is 8. The number of para-hydroxylation sites is 2. The number of nitrogens with zero attached hydrogens (tertiary/aromatic N) is 1. The largest absolute Gasteiger partial charge is 0.508 e. The van der Waals surface area contributed by atoms with Gasteiger partial charge in [0.15, 0.2) is 0 Å². The van der Waals surface area contributed by atoms with Gasteiger partial charge in [-0.1, -0.05) is 48.5 Å². The van der Waals surface area contributed by atoms with E-state index < -0.39 is 0 Å². The molecule has 1 atom stereocenters. The maximum absolute atomic E-state index is 13.0. The summed E-state index contributed by atoms with van der Waals surface area (Å²) in [5.74, 6) is 0.588. The normalized spacial score (nSPS) is 12.0. The van der Waals surface area contributed by atoms with Crippen LogP contribution in [0.2, 0.25) is 0 Å². The molecule has 3 aromatic carbocycles. The van der Waals surface area contributed by atoms with Gasteiger partial charge in [-0.3, -0.25) is 4.79 Å². The van der Waals surface area contributed by atoms with E-state index in [1.807, 2.05) is 48.5 Å². The first-order chi connectivity index (χ1) is 17.1. The SMILES string of the molecule is O=C(CC(c1ccccc1O)c1cn(Cc2ccc(O)cc2)c2ccccc12)NCc1ccco1. The number of carbonyl (C=O) groups excluding carboxylic acids is 1. The first-order valence-electron chi connectivity index (χ1n) is 11.5. The van der Waals surface area contributed by atoms with Crippen LogP contribution in [0.1, 0.15) is 34.8 Å². The molecule has 6 nitrogen and oxygen atoms in total. The molecule has 0 spiro atoms. The predicted molar refractivity (Wildman–Crippen MR) is 134 cm³/mol. The molecule has 176 valence electrons. The van der Waals surface area contributed by atoms with Crippen molar-refractivity contribution in [1.29, 1.82) is 0 Å². The Labute approximate surface area is 203 Å². The summed E-state index contributed by atoms with van der Waals surface area (Å²) < 4.78 is 7.47. The Morgan fingerprint density at radius 1 is 0.886 bits per heavy atom. The lowest BCUT2D eigenvalue weighted by molar-refractivity contribution is -0.121. The molecule has 0 aliphatic heterocycles. The van der Waals surface area contributed by atoms with Gasteiger partial charge < -0.3 is 24.5 Å². The van der Waals surface area contributed by atoms with Crippen LogP contribution in [-0.2, 0) is 17.9 Å². The van der Waals surface area contributed by atoms with Crippen molar-refractivity contribution >= 4 is 16.8 Å². The topological polar surface area (TPSA) is 87.6 Å². The average Bonchev–Trinajstić information content (AvgIpc) is 3.52. The first kappa shape index (κ1) is 22.3. The number of phenolic OH excluding ortho intramolecular Hbond substituents is 2. The number of nitrogens with one attached hydrogen (secondary N) is 1. The lowest BCUT2D eigenvalue weighted by Crippen LogP contribution is -2.24. The third-order valence-electron chi connectivity index (χ3n) is 6.23. The van der Waals surface area contributed by atoms with E-state index in [1.54, 1.807) is 36.6 Å².